The summed E-state index contributed by atoms with van der Waals surface area (Å²) < 4.78 is 5.60. The van der Waals surface area contributed by atoms with Gasteiger partial charge >= 0.3 is 12.1 Å². The van der Waals surface area contributed by atoms with Crippen LogP contribution in [0.5, 0.6) is 0 Å². The van der Waals surface area contributed by atoms with Crippen LogP contribution in [0.25, 0.3) is 11.1 Å². The minimum atomic E-state index is -1.03. The number of carbonyl (C=O) groups excluding carboxylic acids is 2. The van der Waals surface area contributed by atoms with E-state index in [1.54, 1.807) is 6.08 Å². The molecule has 3 atom stereocenters. The monoisotopic (exact) mass is 462 g/mol. The van der Waals surface area contributed by atoms with Crippen LogP contribution in [-0.4, -0.2) is 53.2 Å². The van der Waals surface area contributed by atoms with E-state index in [9.17, 15) is 19.5 Å². The molecule has 3 unspecified atom stereocenters. The quantitative estimate of drug-likeness (QED) is 0.574. The van der Waals surface area contributed by atoms with E-state index in [-0.39, 0.29) is 18.4 Å². The lowest BCUT2D eigenvalue weighted by molar-refractivity contribution is -0.150. The van der Waals surface area contributed by atoms with Gasteiger partial charge in [-0.2, -0.15) is 0 Å². The summed E-state index contributed by atoms with van der Waals surface area (Å²) in [7, 11) is 0. The Bertz CT molecular complexity index is 1050. The number of benzene rings is 2. The van der Waals surface area contributed by atoms with Crippen LogP contribution in [0, 0.1) is 5.92 Å². The fourth-order valence-electron chi connectivity index (χ4n) is 5.10. The number of ether oxygens (including phenoxy) is 1. The summed E-state index contributed by atoms with van der Waals surface area (Å²) in [4.78, 5) is 39.0. The average Bonchev–Trinajstić information content (AvgIpc) is 3.38. The average molecular weight is 463 g/mol. The lowest BCUT2D eigenvalue weighted by Crippen LogP contribution is -2.52. The third kappa shape index (κ3) is 4.55. The predicted molar refractivity (Wildman–Crippen MR) is 128 cm³/mol. The van der Waals surface area contributed by atoms with Gasteiger partial charge in [0.1, 0.15) is 18.7 Å². The van der Waals surface area contributed by atoms with E-state index in [2.05, 4.69) is 24.0 Å². The fraction of sp³-hybridized carbons (Fsp3) is 0.370. The number of carboxylic acids is 1. The molecule has 1 aliphatic carbocycles. The minimum Gasteiger partial charge on any atom is -0.480 e. The molecule has 2 aromatic carbocycles. The van der Waals surface area contributed by atoms with Crippen LogP contribution in [0.1, 0.15) is 43.2 Å². The number of allylic oxidation sites excluding steroid dienone is 1. The molecule has 178 valence electrons. The zero-order valence-electron chi connectivity index (χ0n) is 19.3. The van der Waals surface area contributed by atoms with Gasteiger partial charge in [0.15, 0.2) is 0 Å². The second-order valence-electron chi connectivity index (χ2n) is 8.97. The molecule has 0 bridgehead atoms. The second-order valence-corrected chi connectivity index (χ2v) is 8.97. The van der Waals surface area contributed by atoms with Crippen molar-refractivity contribution in [1.29, 1.82) is 0 Å². The van der Waals surface area contributed by atoms with Crippen LogP contribution in [0.3, 0.4) is 0 Å². The Hall–Kier alpha value is -3.61. The van der Waals surface area contributed by atoms with Gasteiger partial charge in [0, 0.05) is 12.5 Å². The summed E-state index contributed by atoms with van der Waals surface area (Å²) in [5, 5.41) is 12.3. The number of hydrogen-bond donors (Lipinski definition) is 2. The summed E-state index contributed by atoms with van der Waals surface area (Å²) in [6.07, 6.45) is 2.41. The summed E-state index contributed by atoms with van der Waals surface area (Å²) >= 11 is 0. The molecule has 7 nitrogen and oxygen atoms in total. The third-order valence-electron chi connectivity index (χ3n) is 6.83. The molecule has 34 heavy (non-hydrogen) atoms. The summed E-state index contributed by atoms with van der Waals surface area (Å²) in [6, 6.07) is 14.4. The van der Waals surface area contributed by atoms with Crippen molar-refractivity contribution in [2.24, 2.45) is 5.92 Å². The molecule has 0 aromatic heterocycles. The molecule has 7 heteroatoms. The molecular formula is C27H30N2O5. The van der Waals surface area contributed by atoms with Gasteiger partial charge in [-0.05, 0) is 47.4 Å². The number of nitrogens with one attached hydrogen (secondary N) is 1. The SMILES string of the molecule is C=CCCC(NC(=O)OCC1c2ccccc2-c2ccccc21)C(=O)N1CCC(C)C1C(=O)O. The van der Waals surface area contributed by atoms with Crippen molar-refractivity contribution in [2.45, 2.75) is 44.2 Å². The van der Waals surface area contributed by atoms with Crippen LogP contribution in [0.4, 0.5) is 4.79 Å². The Kier molecular flexibility index (Phi) is 7.01. The number of carbonyl (C=O) groups is 3. The van der Waals surface area contributed by atoms with Crippen LogP contribution in [-0.2, 0) is 14.3 Å². The van der Waals surface area contributed by atoms with E-state index >= 15 is 0 Å². The summed E-state index contributed by atoms with van der Waals surface area (Å²) in [5.74, 6) is -1.65. The highest BCUT2D eigenvalue weighted by atomic mass is 16.5. The number of fused-ring (bicyclic) bond motifs is 3. The Balaban J connectivity index is 1.44. The topological polar surface area (TPSA) is 95.9 Å². The Morgan fingerprint density at radius 2 is 1.76 bits per heavy atom. The molecule has 1 saturated heterocycles. The highest BCUT2D eigenvalue weighted by Gasteiger charge is 2.42. The summed E-state index contributed by atoms with van der Waals surface area (Å²) in [6.45, 7) is 6.01. The molecular weight excluding hydrogens is 432 g/mol. The van der Waals surface area contributed by atoms with E-state index in [0.717, 1.165) is 22.3 Å². The molecule has 0 spiro atoms. The zero-order valence-corrected chi connectivity index (χ0v) is 19.3. The zero-order chi connectivity index (χ0) is 24.2. The lowest BCUT2D eigenvalue weighted by Gasteiger charge is -2.28. The molecule has 4 rings (SSSR count). The van der Waals surface area contributed by atoms with Crippen molar-refractivity contribution in [2.75, 3.05) is 13.2 Å². The van der Waals surface area contributed by atoms with Gasteiger partial charge in [-0.25, -0.2) is 9.59 Å². The number of nitrogens with zero attached hydrogens (tertiary/aromatic N) is 1. The van der Waals surface area contributed by atoms with Gasteiger partial charge in [-0.3, -0.25) is 4.79 Å². The van der Waals surface area contributed by atoms with Crippen molar-refractivity contribution in [3.8, 4) is 11.1 Å². The summed E-state index contributed by atoms with van der Waals surface area (Å²) in [5.41, 5.74) is 4.47. The fourth-order valence-corrected chi connectivity index (χ4v) is 5.10. The van der Waals surface area contributed by atoms with Gasteiger partial charge in [0.05, 0.1) is 0 Å². The van der Waals surface area contributed by atoms with Crippen molar-refractivity contribution in [3.05, 3.63) is 72.3 Å². The first-order valence-electron chi connectivity index (χ1n) is 11.7. The van der Waals surface area contributed by atoms with Gasteiger partial charge in [-0.15, -0.1) is 6.58 Å². The molecule has 1 fully saturated rings. The van der Waals surface area contributed by atoms with E-state index < -0.39 is 30.1 Å². The number of hydrogen-bond acceptors (Lipinski definition) is 4. The molecule has 2 aromatic rings. The van der Waals surface area contributed by atoms with Gasteiger partial charge in [-0.1, -0.05) is 61.5 Å². The second kappa shape index (κ2) is 10.1. The maximum absolute atomic E-state index is 13.2. The predicted octanol–water partition coefficient (Wildman–Crippen LogP) is 4.18. The number of amides is 2. The normalized spacial score (nSPS) is 19.7. The number of aliphatic carboxylic acids is 1. The maximum Gasteiger partial charge on any atom is 0.407 e. The van der Waals surface area contributed by atoms with E-state index in [0.29, 0.717) is 25.8 Å². The molecule has 2 N–H and O–H groups in total. The largest absolute Gasteiger partial charge is 0.480 e. The molecule has 0 saturated carbocycles. The van der Waals surface area contributed by atoms with E-state index in [1.807, 2.05) is 43.3 Å². The van der Waals surface area contributed by atoms with Crippen molar-refractivity contribution in [1.82, 2.24) is 10.2 Å². The smallest absolute Gasteiger partial charge is 0.407 e. The molecule has 2 aliphatic rings. The molecule has 2 amide bonds. The lowest BCUT2D eigenvalue weighted by atomic mass is 9.98. The van der Waals surface area contributed by atoms with Crippen molar-refractivity contribution in [3.63, 3.8) is 0 Å². The van der Waals surface area contributed by atoms with Gasteiger partial charge in [0.25, 0.3) is 0 Å². The van der Waals surface area contributed by atoms with Crippen LogP contribution in [0.15, 0.2) is 61.2 Å². The van der Waals surface area contributed by atoms with Gasteiger partial charge < -0.3 is 20.1 Å². The third-order valence-corrected chi connectivity index (χ3v) is 6.83. The van der Waals surface area contributed by atoms with Crippen LogP contribution in [0.2, 0.25) is 0 Å². The Labute approximate surface area is 199 Å². The number of carboxylic acid groups (broad SMARTS) is 1. The van der Waals surface area contributed by atoms with Crippen LogP contribution >= 0.6 is 0 Å². The van der Waals surface area contributed by atoms with E-state index in [1.165, 1.54) is 4.90 Å². The molecule has 0 radical (unpaired) electrons. The minimum absolute atomic E-state index is 0.0868. The van der Waals surface area contributed by atoms with Crippen molar-refractivity contribution >= 4 is 18.0 Å². The number of rotatable bonds is 8. The highest BCUT2D eigenvalue weighted by molar-refractivity contribution is 5.90. The maximum atomic E-state index is 13.2. The number of likely N-dealkylation sites (tertiary alicyclic amines) is 1. The van der Waals surface area contributed by atoms with Crippen molar-refractivity contribution < 1.29 is 24.2 Å². The highest BCUT2D eigenvalue weighted by Crippen LogP contribution is 2.44. The van der Waals surface area contributed by atoms with Crippen LogP contribution < -0.4 is 5.32 Å². The first-order chi connectivity index (χ1) is 16.4. The number of alkyl carbamates (subject to hydrolysis) is 1. The Morgan fingerprint density at radius 3 is 2.35 bits per heavy atom. The first kappa shape index (κ1) is 23.5. The molecule has 1 aliphatic heterocycles. The Morgan fingerprint density at radius 1 is 1.15 bits per heavy atom. The first-order valence-corrected chi connectivity index (χ1v) is 11.7. The standard InChI is InChI=1S/C27H30N2O5/c1-3-4-13-23(25(30)29-15-14-17(2)24(29)26(31)32)28-27(33)34-16-22-20-11-7-5-9-18(20)19-10-6-8-12-21(19)22/h3,5-12,17,22-24H,1,4,13-16H2,2H3,(H,28,33)(H,31,32). The molecule has 1 heterocycles. The van der Waals surface area contributed by atoms with E-state index in [4.69, 9.17) is 4.74 Å². The van der Waals surface area contributed by atoms with Gasteiger partial charge in [0.2, 0.25) is 5.91 Å².